The average molecular weight is 233 g/mol. The van der Waals surface area contributed by atoms with Gasteiger partial charge in [-0.2, -0.15) is 0 Å². The van der Waals surface area contributed by atoms with Crippen LogP contribution < -0.4 is 10.5 Å². The van der Waals surface area contributed by atoms with Gasteiger partial charge in [0, 0.05) is 12.1 Å². The molecule has 1 aromatic carbocycles. The fourth-order valence-electron chi connectivity index (χ4n) is 2.47. The molecule has 0 unspecified atom stereocenters. The zero-order valence-electron chi connectivity index (χ0n) is 10.9. The highest BCUT2D eigenvalue weighted by atomic mass is 16.5. The zero-order valence-corrected chi connectivity index (χ0v) is 10.9. The molecule has 0 amide bonds. The van der Waals surface area contributed by atoms with E-state index < -0.39 is 0 Å². The summed E-state index contributed by atoms with van der Waals surface area (Å²) in [6.07, 6.45) is 5.32. The van der Waals surface area contributed by atoms with Crippen molar-refractivity contribution >= 4 is 0 Å². The molecule has 1 saturated carbocycles. The predicted molar refractivity (Wildman–Crippen MR) is 71.1 cm³/mol. The van der Waals surface area contributed by atoms with Crippen molar-refractivity contribution in [3.63, 3.8) is 0 Å². The second-order valence-corrected chi connectivity index (χ2v) is 5.32. The highest BCUT2D eigenvalue weighted by Crippen LogP contribution is 2.29. The lowest BCUT2D eigenvalue weighted by Gasteiger charge is -2.27. The highest BCUT2D eigenvalue weighted by molar-refractivity contribution is 5.37. The minimum Gasteiger partial charge on any atom is -0.490 e. The molecule has 1 aromatic rings. The van der Waals surface area contributed by atoms with Crippen LogP contribution in [-0.4, -0.2) is 6.10 Å². The predicted octanol–water partition coefficient (Wildman–Crippen LogP) is 3.41. The van der Waals surface area contributed by atoms with E-state index in [1.54, 1.807) is 0 Å². The van der Waals surface area contributed by atoms with E-state index in [4.69, 9.17) is 10.5 Å². The Morgan fingerprint density at radius 3 is 2.59 bits per heavy atom. The summed E-state index contributed by atoms with van der Waals surface area (Å²) in [6.45, 7) is 4.98. The highest BCUT2D eigenvalue weighted by Gasteiger charge is 2.20. The third-order valence-corrected chi connectivity index (χ3v) is 3.70. The number of aryl methyl sites for hydroxylation is 1. The van der Waals surface area contributed by atoms with E-state index in [0.717, 1.165) is 17.2 Å². The number of rotatable bonds is 3. The topological polar surface area (TPSA) is 35.2 Å². The lowest BCUT2D eigenvalue weighted by atomic mass is 9.89. The van der Waals surface area contributed by atoms with Crippen LogP contribution in [0.5, 0.6) is 5.75 Å². The van der Waals surface area contributed by atoms with Gasteiger partial charge in [0.25, 0.3) is 0 Å². The Labute approximate surface area is 104 Å². The molecular weight excluding hydrogens is 210 g/mol. The first-order chi connectivity index (χ1) is 8.19. The third-order valence-electron chi connectivity index (χ3n) is 3.70. The lowest BCUT2D eigenvalue weighted by molar-refractivity contribution is 0.134. The molecular formula is C15H23NO. The molecule has 0 heterocycles. The summed E-state index contributed by atoms with van der Waals surface area (Å²) in [6, 6.07) is 6.29. The van der Waals surface area contributed by atoms with Gasteiger partial charge < -0.3 is 10.5 Å². The fraction of sp³-hybridized carbons (Fsp3) is 0.600. The molecule has 0 spiro atoms. The van der Waals surface area contributed by atoms with Gasteiger partial charge in [-0.3, -0.25) is 0 Å². The summed E-state index contributed by atoms with van der Waals surface area (Å²) in [5.74, 6) is 1.85. The molecule has 17 heavy (non-hydrogen) atoms. The van der Waals surface area contributed by atoms with Gasteiger partial charge in [-0.25, -0.2) is 0 Å². The quantitative estimate of drug-likeness (QED) is 0.868. The molecule has 2 nitrogen and oxygen atoms in total. The van der Waals surface area contributed by atoms with Crippen LogP contribution in [0.3, 0.4) is 0 Å². The largest absolute Gasteiger partial charge is 0.490 e. The maximum Gasteiger partial charge on any atom is 0.124 e. The van der Waals surface area contributed by atoms with Crippen LogP contribution in [-0.2, 0) is 6.54 Å². The molecule has 0 atom stereocenters. The van der Waals surface area contributed by atoms with E-state index in [1.165, 1.54) is 31.2 Å². The molecule has 0 saturated heterocycles. The SMILES string of the molecule is Cc1ccc(CN)c(OC2CCC(C)CC2)c1. The Balaban J connectivity index is 2.04. The van der Waals surface area contributed by atoms with Crippen molar-refractivity contribution in [1.29, 1.82) is 0 Å². The smallest absolute Gasteiger partial charge is 0.124 e. The number of hydrogen-bond acceptors (Lipinski definition) is 2. The first-order valence-corrected chi connectivity index (χ1v) is 6.65. The van der Waals surface area contributed by atoms with Crippen LogP contribution >= 0.6 is 0 Å². The Bertz CT molecular complexity index is 367. The van der Waals surface area contributed by atoms with Crippen molar-refractivity contribution in [3.8, 4) is 5.75 Å². The second kappa shape index (κ2) is 5.54. The van der Waals surface area contributed by atoms with E-state index in [9.17, 15) is 0 Å². The zero-order chi connectivity index (χ0) is 12.3. The number of ether oxygens (including phenoxy) is 1. The molecule has 2 rings (SSSR count). The van der Waals surface area contributed by atoms with Gasteiger partial charge in [-0.05, 0) is 50.2 Å². The third kappa shape index (κ3) is 3.22. The Kier molecular flexibility index (Phi) is 4.06. The molecule has 1 aliphatic carbocycles. The maximum atomic E-state index is 6.13. The van der Waals surface area contributed by atoms with Crippen LogP contribution in [0, 0.1) is 12.8 Å². The first kappa shape index (κ1) is 12.4. The Morgan fingerprint density at radius 1 is 1.24 bits per heavy atom. The molecule has 0 aromatic heterocycles. The van der Waals surface area contributed by atoms with Crippen LogP contribution in [0.1, 0.15) is 43.7 Å². The minimum absolute atomic E-state index is 0.387. The fourth-order valence-corrected chi connectivity index (χ4v) is 2.47. The van der Waals surface area contributed by atoms with E-state index in [-0.39, 0.29) is 0 Å². The standard InChI is InChI=1S/C15H23NO/c1-11-4-7-14(8-5-11)17-15-9-12(2)3-6-13(15)10-16/h3,6,9,11,14H,4-5,7-8,10,16H2,1-2H3. The number of benzene rings is 1. The van der Waals surface area contributed by atoms with Gasteiger partial charge in [0.1, 0.15) is 5.75 Å². The molecule has 94 valence electrons. The summed E-state index contributed by atoms with van der Waals surface area (Å²) in [5, 5.41) is 0. The molecule has 1 fully saturated rings. The van der Waals surface area contributed by atoms with E-state index in [2.05, 4.69) is 32.0 Å². The van der Waals surface area contributed by atoms with Gasteiger partial charge in [0.15, 0.2) is 0 Å². The Morgan fingerprint density at radius 2 is 1.94 bits per heavy atom. The van der Waals surface area contributed by atoms with Gasteiger partial charge in [0.2, 0.25) is 0 Å². The summed E-state index contributed by atoms with van der Waals surface area (Å²) in [4.78, 5) is 0. The van der Waals surface area contributed by atoms with Crippen molar-refractivity contribution in [2.75, 3.05) is 0 Å². The molecule has 0 radical (unpaired) electrons. The molecule has 2 heteroatoms. The minimum atomic E-state index is 0.387. The van der Waals surface area contributed by atoms with E-state index >= 15 is 0 Å². The maximum absolute atomic E-state index is 6.13. The molecule has 0 bridgehead atoms. The molecule has 2 N–H and O–H groups in total. The van der Waals surface area contributed by atoms with Crippen molar-refractivity contribution in [1.82, 2.24) is 0 Å². The first-order valence-electron chi connectivity index (χ1n) is 6.65. The van der Waals surface area contributed by atoms with Gasteiger partial charge in [0.05, 0.1) is 6.10 Å². The molecule has 0 aliphatic heterocycles. The average Bonchev–Trinajstić information content (AvgIpc) is 2.32. The normalized spacial score (nSPS) is 24.6. The van der Waals surface area contributed by atoms with Gasteiger partial charge in [-0.15, -0.1) is 0 Å². The number of hydrogen-bond donors (Lipinski definition) is 1. The second-order valence-electron chi connectivity index (χ2n) is 5.32. The summed E-state index contributed by atoms with van der Waals surface area (Å²) < 4.78 is 6.13. The number of nitrogens with two attached hydrogens (primary N) is 1. The van der Waals surface area contributed by atoms with Gasteiger partial charge >= 0.3 is 0 Å². The van der Waals surface area contributed by atoms with Gasteiger partial charge in [-0.1, -0.05) is 19.1 Å². The summed E-state index contributed by atoms with van der Waals surface area (Å²) in [7, 11) is 0. The monoisotopic (exact) mass is 233 g/mol. The van der Waals surface area contributed by atoms with Crippen LogP contribution in [0.25, 0.3) is 0 Å². The van der Waals surface area contributed by atoms with Crippen molar-refractivity contribution < 1.29 is 4.74 Å². The van der Waals surface area contributed by atoms with Crippen molar-refractivity contribution in [2.45, 2.75) is 52.2 Å². The summed E-state index contributed by atoms with van der Waals surface area (Å²) >= 11 is 0. The van der Waals surface area contributed by atoms with Crippen LogP contribution in [0.4, 0.5) is 0 Å². The van der Waals surface area contributed by atoms with Crippen molar-refractivity contribution in [3.05, 3.63) is 29.3 Å². The van der Waals surface area contributed by atoms with Crippen LogP contribution in [0.2, 0.25) is 0 Å². The summed E-state index contributed by atoms with van der Waals surface area (Å²) in [5.41, 5.74) is 8.10. The lowest BCUT2D eigenvalue weighted by Crippen LogP contribution is -2.23. The van der Waals surface area contributed by atoms with E-state index in [1.807, 2.05) is 0 Å². The van der Waals surface area contributed by atoms with Crippen LogP contribution in [0.15, 0.2) is 18.2 Å². The van der Waals surface area contributed by atoms with E-state index in [0.29, 0.717) is 12.6 Å². The Hall–Kier alpha value is -1.02. The van der Waals surface area contributed by atoms with Crippen molar-refractivity contribution in [2.24, 2.45) is 11.7 Å². The molecule has 1 aliphatic rings.